The third-order valence-corrected chi connectivity index (χ3v) is 7.05. The van der Waals surface area contributed by atoms with Crippen LogP contribution < -0.4 is 14.8 Å². The zero-order valence-electron chi connectivity index (χ0n) is 20.0. The molecule has 1 unspecified atom stereocenters. The molecule has 1 fully saturated rings. The van der Waals surface area contributed by atoms with Gasteiger partial charge in [-0.2, -0.15) is 0 Å². The van der Waals surface area contributed by atoms with Crippen molar-refractivity contribution >= 4 is 22.5 Å². The number of nitrogens with one attached hydrogen (secondary N) is 1. The van der Waals surface area contributed by atoms with E-state index in [9.17, 15) is 9.90 Å². The molecule has 0 spiro atoms. The lowest BCUT2D eigenvalue weighted by atomic mass is 10.0. The summed E-state index contributed by atoms with van der Waals surface area (Å²) >= 11 is 0. The Hall–Kier alpha value is -3.97. The summed E-state index contributed by atoms with van der Waals surface area (Å²) in [5, 5.41) is 14.5. The number of likely N-dealkylation sites (tertiary alicyclic amines) is 1. The Balaban J connectivity index is 1.12. The van der Waals surface area contributed by atoms with E-state index in [2.05, 4.69) is 22.0 Å². The molecule has 36 heavy (non-hydrogen) atoms. The van der Waals surface area contributed by atoms with E-state index in [0.29, 0.717) is 18.7 Å². The van der Waals surface area contributed by atoms with Crippen LogP contribution in [0, 0.1) is 0 Å². The third kappa shape index (κ3) is 4.38. The fraction of sp³-hybridized carbons (Fsp3) is 0.276. The number of rotatable bonds is 6. The predicted octanol–water partition coefficient (Wildman–Crippen LogP) is 4.63. The Morgan fingerprint density at radius 2 is 1.83 bits per heavy atom. The van der Waals surface area contributed by atoms with Crippen molar-refractivity contribution in [1.82, 2.24) is 9.47 Å². The van der Waals surface area contributed by atoms with Crippen LogP contribution in [-0.2, 0) is 13.2 Å². The first-order chi connectivity index (χ1) is 17.7. The first kappa shape index (κ1) is 22.5. The van der Waals surface area contributed by atoms with E-state index in [1.807, 2.05) is 65.6 Å². The molecule has 3 heterocycles. The molecule has 0 saturated carbocycles. The summed E-state index contributed by atoms with van der Waals surface area (Å²) in [6, 6.07) is 24.0. The molecule has 2 aliphatic rings. The molecule has 2 N–H and O–H groups in total. The van der Waals surface area contributed by atoms with Gasteiger partial charge in [-0.1, -0.05) is 30.3 Å². The van der Waals surface area contributed by atoms with Crippen LogP contribution in [-0.4, -0.2) is 46.4 Å². The Bertz CT molecular complexity index is 1400. The van der Waals surface area contributed by atoms with E-state index in [1.54, 1.807) is 0 Å². The zero-order chi connectivity index (χ0) is 24.5. The second-order valence-corrected chi connectivity index (χ2v) is 9.44. The molecule has 3 aromatic carbocycles. The molecule has 1 saturated heterocycles. The highest BCUT2D eigenvalue weighted by Crippen LogP contribution is 2.34. The Labute approximate surface area is 209 Å². The number of carbonyl (C=O) groups is 1. The molecular formula is C29H29N3O4. The zero-order valence-corrected chi connectivity index (χ0v) is 20.0. The van der Waals surface area contributed by atoms with E-state index >= 15 is 0 Å². The summed E-state index contributed by atoms with van der Waals surface area (Å²) in [7, 11) is 0. The van der Waals surface area contributed by atoms with Gasteiger partial charge in [0.25, 0.3) is 5.91 Å². The van der Waals surface area contributed by atoms with Crippen molar-refractivity contribution in [1.29, 1.82) is 0 Å². The maximum atomic E-state index is 13.3. The van der Waals surface area contributed by atoms with Crippen LogP contribution >= 0.6 is 0 Å². The number of fused-ring (bicyclic) bond motifs is 2. The molecule has 1 atom stereocenters. The molecule has 2 aliphatic heterocycles. The van der Waals surface area contributed by atoms with Crippen molar-refractivity contribution < 1.29 is 19.4 Å². The Kier molecular flexibility index (Phi) is 5.99. The summed E-state index contributed by atoms with van der Waals surface area (Å²) in [5.41, 5.74) is 4.73. The average Bonchev–Trinajstić information content (AvgIpc) is 3.53. The van der Waals surface area contributed by atoms with Crippen molar-refractivity contribution in [3.63, 3.8) is 0 Å². The van der Waals surface area contributed by atoms with Crippen LogP contribution in [0.3, 0.4) is 0 Å². The molecule has 0 bridgehead atoms. The number of benzene rings is 3. The van der Waals surface area contributed by atoms with E-state index in [1.165, 1.54) is 0 Å². The predicted molar refractivity (Wildman–Crippen MR) is 139 cm³/mol. The summed E-state index contributed by atoms with van der Waals surface area (Å²) in [6.45, 7) is 2.30. The molecule has 0 radical (unpaired) electrons. The van der Waals surface area contributed by atoms with Gasteiger partial charge in [0.15, 0.2) is 11.5 Å². The lowest BCUT2D eigenvalue weighted by molar-refractivity contribution is 0.0715. The van der Waals surface area contributed by atoms with Crippen LogP contribution in [0.1, 0.15) is 34.5 Å². The molecule has 7 heteroatoms. The molecule has 7 nitrogen and oxygen atoms in total. The highest BCUT2D eigenvalue weighted by atomic mass is 16.7. The Morgan fingerprint density at radius 3 is 2.69 bits per heavy atom. The Morgan fingerprint density at radius 1 is 1.00 bits per heavy atom. The minimum Gasteiger partial charge on any atom is -0.454 e. The number of piperidine rings is 1. The summed E-state index contributed by atoms with van der Waals surface area (Å²) in [6.07, 6.45) is 1.96. The van der Waals surface area contributed by atoms with Crippen molar-refractivity contribution in [2.45, 2.75) is 32.0 Å². The normalized spacial score (nSPS) is 16.9. The highest BCUT2D eigenvalue weighted by Gasteiger charge is 2.25. The third-order valence-electron chi connectivity index (χ3n) is 7.05. The van der Waals surface area contributed by atoms with E-state index in [4.69, 9.17) is 9.47 Å². The number of para-hydroxylation sites is 1. The number of aliphatic hydroxyl groups excluding tert-OH is 1. The minimum absolute atomic E-state index is 0.0122. The second kappa shape index (κ2) is 9.59. The van der Waals surface area contributed by atoms with Crippen LogP contribution in [0.5, 0.6) is 11.5 Å². The maximum absolute atomic E-state index is 13.3. The number of anilines is 1. The van der Waals surface area contributed by atoms with Gasteiger partial charge in [0, 0.05) is 54.2 Å². The largest absolute Gasteiger partial charge is 0.454 e. The van der Waals surface area contributed by atoms with Crippen LogP contribution in [0.2, 0.25) is 0 Å². The van der Waals surface area contributed by atoms with Crippen molar-refractivity contribution in [3.8, 4) is 11.5 Å². The fourth-order valence-electron chi connectivity index (χ4n) is 5.20. The van der Waals surface area contributed by atoms with Crippen molar-refractivity contribution in [2.75, 3.05) is 25.2 Å². The molecule has 1 amide bonds. The van der Waals surface area contributed by atoms with Gasteiger partial charge in [0.2, 0.25) is 6.79 Å². The van der Waals surface area contributed by atoms with Crippen LogP contribution in [0.25, 0.3) is 10.9 Å². The number of ether oxygens (including phenoxy) is 2. The molecule has 4 aromatic rings. The molecule has 184 valence electrons. The molecular weight excluding hydrogens is 454 g/mol. The summed E-state index contributed by atoms with van der Waals surface area (Å²) in [5.74, 6) is 1.58. The van der Waals surface area contributed by atoms with Gasteiger partial charge in [0.05, 0.1) is 6.61 Å². The standard InChI is InChI=1S/C29H29N3O4/c33-18-25-14-22-4-1-2-6-26(22)32(25)16-20-7-9-21(10-8-20)29(34)31-13-3-5-24(17-31)30-23-11-12-27-28(15-23)36-19-35-27/h1-2,4,6-12,14-15,24,30,33H,3,5,13,16-19H2. The van der Waals surface area contributed by atoms with E-state index in [0.717, 1.165) is 58.7 Å². The monoisotopic (exact) mass is 483 g/mol. The number of hydrogen-bond donors (Lipinski definition) is 2. The molecule has 6 rings (SSSR count). The van der Waals surface area contributed by atoms with E-state index in [-0.39, 0.29) is 25.3 Å². The average molecular weight is 484 g/mol. The van der Waals surface area contributed by atoms with Gasteiger partial charge in [-0.05, 0) is 60.2 Å². The van der Waals surface area contributed by atoms with Gasteiger partial charge in [-0.25, -0.2) is 0 Å². The summed E-state index contributed by atoms with van der Waals surface area (Å²) in [4.78, 5) is 15.2. The smallest absolute Gasteiger partial charge is 0.253 e. The quantitative estimate of drug-likeness (QED) is 0.418. The topological polar surface area (TPSA) is 76.0 Å². The van der Waals surface area contributed by atoms with E-state index < -0.39 is 0 Å². The van der Waals surface area contributed by atoms with Crippen LogP contribution in [0.15, 0.2) is 72.8 Å². The first-order valence-corrected chi connectivity index (χ1v) is 12.4. The van der Waals surface area contributed by atoms with Crippen LogP contribution in [0.4, 0.5) is 5.69 Å². The summed E-state index contributed by atoms with van der Waals surface area (Å²) < 4.78 is 13.0. The van der Waals surface area contributed by atoms with Gasteiger partial charge in [-0.15, -0.1) is 0 Å². The van der Waals surface area contributed by atoms with Crippen molar-refractivity contribution in [3.05, 3.63) is 89.6 Å². The lowest BCUT2D eigenvalue weighted by Gasteiger charge is -2.34. The fourth-order valence-corrected chi connectivity index (χ4v) is 5.20. The minimum atomic E-state index is -0.0122. The number of amides is 1. The maximum Gasteiger partial charge on any atom is 0.253 e. The second-order valence-electron chi connectivity index (χ2n) is 9.44. The van der Waals surface area contributed by atoms with Gasteiger partial charge in [0.1, 0.15) is 0 Å². The van der Waals surface area contributed by atoms with Gasteiger partial charge in [-0.3, -0.25) is 4.79 Å². The number of nitrogens with zero attached hydrogens (tertiary/aromatic N) is 2. The molecule has 1 aromatic heterocycles. The first-order valence-electron chi connectivity index (χ1n) is 12.4. The van der Waals surface area contributed by atoms with Crippen molar-refractivity contribution in [2.24, 2.45) is 0 Å². The number of carbonyl (C=O) groups excluding carboxylic acids is 1. The van der Waals surface area contributed by atoms with Gasteiger partial charge < -0.3 is 29.4 Å². The highest BCUT2D eigenvalue weighted by molar-refractivity contribution is 5.94. The SMILES string of the molecule is O=C(c1ccc(Cn2c(CO)cc3ccccc32)cc1)N1CCCC(Nc2ccc3c(c2)OCO3)C1. The number of hydrogen-bond acceptors (Lipinski definition) is 5. The van der Waals surface area contributed by atoms with Gasteiger partial charge >= 0.3 is 0 Å². The molecule has 0 aliphatic carbocycles. The number of aromatic nitrogens is 1. The lowest BCUT2D eigenvalue weighted by Crippen LogP contribution is -2.45. The number of aliphatic hydroxyl groups is 1.